The van der Waals surface area contributed by atoms with Crippen LogP contribution >= 0.6 is 23.1 Å². The van der Waals surface area contributed by atoms with Crippen LogP contribution in [0.2, 0.25) is 0 Å². The van der Waals surface area contributed by atoms with E-state index >= 15 is 0 Å². The Labute approximate surface area is 120 Å². The van der Waals surface area contributed by atoms with Crippen molar-refractivity contribution in [3.63, 3.8) is 0 Å². The highest BCUT2D eigenvalue weighted by molar-refractivity contribution is 7.99. The summed E-state index contributed by atoms with van der Waals surface area (Å²) in [6.45, 7) is 0. The Bertz CT molecular complexity index is 742. The Balaban J connectivity index is 1.87. The van der Waals surface area contributed by atoms with Crippen molar-refractivity contribution >= 4 is 28.8 Å². The Morgan fingerprint density at radius 2 is 2.20 bits per heavy atom. The van der Waals surface area contributed by atoms with Gasteiger partial charge in [0.1, 0.15) is 0 Å². The van der Waals surface area contributed by atoms with Crippen LogP contribution in [0, 0.1) is 10.1 Å². The lowest BCUT2D eigenvalue weighted by Gasteiger charge is -1.96. The molecule has 0 fully saturated rings. The molecule has 9 heteroatoms. The van der Waals surface area contributed by atoms with Crippen LogP contribution in [0.5, 0.6) is 0 Å². The predicted molar refractivity (Wildman–Crippen MR) is 72.6 cm³/mol. The number of rotatable bonds is 4. The standard InChI is InChI=1S/C11H6N4O3S2/c16-15(17)7-3-1-5-12-10(7)20-11-14-13-9(18-11)8-4-2-6-19-8/h1-6H. The molecule has 0 aliphatic heterocycles. The molecule has 3 heterocycles. The molecule has 0 aliphatic rings. The summed E-state index contributed by atoms with van der Waals surface area (Å²) in [5, 5.41) is 21.0. The second-order valence-electron chi connectivity index (χ2n) is 3.54. The average molecular weight is 306 g/mol. The summed E-state index contributed by atoms with van der Waals surface area (Å²) in [4.78, 5) is 15.2. The van der Waals surface area contributed by atoms with E-state index in [9.17, 15) is 10.1 Å². The summed E-state index contributed by atoms with van der Waals surface area (Å²) in [6, 6.07) is 6.62. The van der Waals surface area contributed by atoms with Crippen LogP contribution in [-0.2, 0) is 0 Å². The zero-order valence-electron chi connectivity index (χ0n) is 9.79. The monoisotopic (exact) mass is 306 g/mol. The Kier molecular flexibility index (Phi) is 3.44. The van der Waals surface area contributed by atoms with Gasteiger partial charge in [0.2, 0.25) is 0 Å². The van der Waals surface area contributed by atoms with Crippen LogP contribution in [0.4, 0.5) is 5.69 Å². The molecule has 0 bridgehead atoms. The fourth-order valence-electron chi connectivity index (χ4n) is 1.43. The van der Waals surface area contributed by atoms with Crippen LogP contribution in [0.1, 0.15) is 0 Å². The van der Waals surface area contributed by atoms with Crippen molar-refractivity contribution in [2.75, 3.05) is 0 Å². The topological polar surface area (TPSA) is 95.0 Å². The molecule has 0 atom stereocenters. The van der Waals surface area contributed by atoms with Crippen LogP contribution in [0.3, 0.4) is 0 Å². The molecule has 3 rings (SSSR count). The third kappa shape index (κ3) is 2.53. The lowest BCUT2D eigenvalue weighted by molar-refractivity contribution is -0.388. The molecule has 0 amide bonds. The van der Waals surface area contributed by atoms with E-state index in [0.717, 1.165) is 16.6 Å². The van der Waals surface area contributed by atoms with Crippen LogP contribution < -0.4 is 0 Å². The first-order chi connectivity index (χ1) is 9.74. The number of aromatic nitrogens is 3. The van der Waals surface area contributed by atoms with Crippen molar-refractivity contribution in [2.24, 2.45) is 0 Å². The molecule has 3 aromatic heterocycles. The van der Waals surface area contributed by atoms with E-state index in [2.05, 4.69) is 15.2 Å². The quantitative estimate of drug-likeness (QED) is 0.539. The van der Waals surface area contributed by atoms with Gasteiger partial charge in [-0.2, -0.15) is 0 Å². The van der Waals surface area contributed by atoms with Crippen molar-refractivity contribution in [1.82, 2.24) is 15.2 Å². The van der Waals surface area contributed by atoms with Gasteiger partial charge in [-0.3, -0.25) is 10.1 Å². The zero-order chi connectivity index (χ0) is 13.9. The highest BCUT2D eigenvalue weighted by Crippen LogP contribution is 2.33. The molecule has 0 spiro atoms. The molecule has 0 unspecified atom stereocenters. The number of nitro groups is 1. The Morgan fingerprint density at radius 1 is 1.30 bits per heavy atom. The number of thiophene rings is 1. The summed E-state index contributed by atoms with van der Waals surface area (Å²) in [6.07, 6.45) is 1.48. The van der Waals surface area contributed by atoms with Crippen molar-refractivity contribution in [2.45, 2.75) is 10.2 Å². The molecule has 7 nitrogen and oxygen atoms in total. The molecule has 0 radical (unpaired) electrons. The first-order valence-electron chi connectivity index (χ1n) is 5.38. The second kappa shape index (κ2) is 5.39. The third-order valence-electron chi connectivity index (χ3n) is 2.27. The van der Waals surface area contributed by atoms with Crippen LogP contribution in [0.25, 0.3) is 10.8 Å². The number of nitrogens with zero attached hydrogens (tertiary/aromatic N) is 4. The van der Waals surface area contributed by atoms with Crippen LogP contribution in [-0.4, -0.2) is 20.1 Å². The van der Waals surface area contributed by atoms with E-state index in [4.69, 9.17) is 4.42 Å². The smallest absolute Gasteiger partial charge is 0.301 e. The predicted octanol–water partition coefficient (Wildman–Crippen LogP) is 3.25. The minimum absolute atomic E-state index is 0.0895. The maximum atomic E-state index is 10.9. The van der Waals surface area contributed by atoms with E-state index in [1.54, 1.807) is 0 Å². The molecular weight excluding hydrogens is 300 g/mol. The van der Waals surface area contributed by atoms with Crippen molar-refractivity contribution in [3.8, 4) is 10.8 Å². The molecule has 3 aromatic rings. The van der Waals surface area contributed by atoms with Gasteiger partial charge in [-0.25, -0.2) is 4.98 Å². The van der Waals surface area contributed by atoms with Gasteiger partial charge in [0.25, 0.3) is 11.1 Å². The van der Waals surface area contributed by atoms with Gasteiger partial charge in [0, 0.05) is 12.3 Å². The molecular formula is C11H6N4O3S2. The fourth-order valence-corrected chi connectivity index (χ4v) is 2.81. The Morgan fingerprint density at radius 3 is 2.95 bits per heavy atom. The summed E-state index contributed by atoms with van der Waals surface area (Å²) in [7, 11) is 0. The molecule has 0 saturated carbocycles. The molecule has 0 aromatic carbocycles. The van der Waals surface area contributed by atoms with E-state index in [-0.39, 0.29) is 15.9 Å². The molecule has 0 N–H and O–H groups in total. The lowest BCUT2D eigenvalue weighted by Crippen LogP contribution is -1.92. The van der Waals surface area contributed by atoms with Crippen molar-refractivity contribution in [3.05, 3.63) is 46.0 Å². The van der Waals surface area contributed by atoms with E-state index in [1.165, 1.54) is 29.7 Å². The maximum Gasteiger partial charge on any atom is 0.301 e. The minimum atomic E-state index is -0.494. The summed E-state index contributed by atoms with van der Waals surface area (Å²) in [5.41, 5.74) is -0.0895. The van der Waals surface area contributed by atoms with Gasteiger partial charge in [0.15, 0.2) is 5.03 Å². The largest absolute Gasteiger partial charge is 0.410 e. The SMILES string of the molecule is O=[N+]([O-])c1cccnc1Sc1nnc(-c2cccs2)o1. The van der Waals surface area contributed by atoms with Crippen molar-refractivity contribution < 1.29 is 9.34 Å². The summed E-state index contributed by atoms with van der Waals surface area (Å²) < 4.78 is 5.46. The number of hydrogen-bond acceptors (Lipinski definition) is 8. The summed E-state index contributed by atoms with van der Waals surface area (Å²) >= 11 is 2.45. The molecule has 100 valence electrons. The first-order valence-corrected chi connectivity index (χ1v) is 7.08. The number of pyridine rings is 1. The molecule has 20 heavy (non-hydrogen) atoms. The maximum absolute atomic E-state index is 10.9. The average Bonchev–Trinajstić information content (AvgIpc) is 3.09. The lowest BCUT2D eigenvalue weighted by atomic mass is 10.4. The highest BCUT2D eigenvalue weighted by Gasteiger charge is 2.19. The third-order valence-corrected chi connectivity index (χ3v) is 3.98. The van der Waals surface area contributed by atoms with Gasteiger partial charge >= 0.3 is 5.69 Å². The second-order valence-corrected chi connectivity index (χ2v) is 5.43. The Hall–Kier alpha value is -2.26. The van der Waals surface area contributed by atoms with E-state index in [1.807, 2.05) is 17.5 Å². The van der Waals surface area contributed by atoms with Gasteiger partial charge in [-0.15, -0.1) is 21.5 Å². The highest BCUT2D eigenvalue weighted by atomic mass is 32.2. The first kappa shape index (κ1) is 12.8. The minimum Gasteiger partial charge on any atom is -0.410 e. The van der Waals surface area contributed by atoms with E-state index < -0.39 is 4.92 Å². The summed E-state index contributed by atoms with van der Waals surface area (Å²) in [5.74, 6) is 0.390. The van der Waals surface area contributed by atoms with Gasteiger partial charge in [-0.05, 0) is 29.3 Å². The van der Waals surface area contributed by atoms with Gasteiger partial charge in [-0.1, -0.05) is 6.07 Å². The molecule has 0 saturated heterocycles. The van der Waals surface area contributed by atoms with Gasteiger partial charge < -0.3 is 4.42 Å². The normalized spacial score (nSPS) is 10.6. The number of hydrogen-bond donors (Lipinski definition) is 0. The fraction of sp³-hybridized carbons (Fsp3) is 0. The molecule has 0 aliphatic carbocycles. The zero-order valence-corrected chi connectivity index (χ0v) is 11.4. The van der Waals surface area contributed by atoms with Gasteiger partial charge in [0.05, 0.1) is 9.80 Å². The van der Waals surface area contributed by atoms with Crippen LogP contribution in [0.15, 0.2) is 50.5 Å². The van der Waals surface area contributed by atoms with Crippen molar-refractivity contribution in [1.29, 1.82) is 0 Å². The van der Waals surface area contributed by atoms with E-state index in [0.29, 0.717) is 5.89 Å².